The van der Waals surface area contributed by atoms with E-state index in [0.29, 0.717) is 55.1 Å². The lowest BCUT2D eigenvalue weighted by Gasteiger charge is -2.26. The smallest absolute Gasteiger partial charge is 0.438 e. The second kappa shape index (κ2) is 14.1. The molecule has 0 spiro atoms. The van der Waals surface area contributed by atoms with Crippen LogP contribution in [0.5, 0.6) is 11.6 Å². The minimum Gasteiger partial charge on any atom is -0.438 e. The number of alkyl halides is 5. The number of pyridine rings is 1. The number of carbonyl (C=O) groups excluding carboxylic acids is 1. The fourth-order valence-corrected chi connectivity index (χ4v) is 4.50. The molecule has 0 unspecified atom stereocenters. The van der Waals surface area contributed by atoms with Crippen molar-refractivity contribution in [3.63, 3.8) is 0 Å². The van der Waals surface area contributed by atoms with Crippen molar-refractivity contribution in [3.8, 4) is 22.9 Å². The number of benzene rings is 2. The zero-order valence-corrected chi connectivity index (χ0v) is 25.5. The summed E-state index contributed by atoms with van der Waals surface area (Å²) in [7, 11) is 5.32. The summed E-state index contributed by atoms with van der Waals surface area (Å²) in [4.78, 5) is 29.8. The molecule has 46 heavy (non-hydrogen) atoms. The highest BCUT2D eigenvalue weighted by Crippen LogP contribution is 2.45. The Bertz CT molecular complexity index is 1680. The van der Waals surface area contributed by atoms with Gasteiger partial charge in [-0.1, -0.05) is 13.0 Å². The quantitative estimate of drug-likeness (QED) is 0.162. The van der Waals surface area contributed by atoms with Gasteiger partial charge in [0.2, 0.25) is 5.88 Å². The second-order valence-electron chi connectivity index (χ2n) is 10.6. The molecule has 14 heteroatoms. The molecule has 0 atom stereocenters. The summed E-state index contributed by atoms with van der Waals surface area (Å²) in [5.41, 5.74) is -1.09. The van der Waals surface area contributed by atoms with E-state index in [9.17, 15) is 31.1 Å². The van der Waals surface area contributed by atoms with Crippen molar-refractivity contribution < 1.29 is 35.9 Å². The van der Waals surface area contributed by atoms with Gasteiger partial charge >= 0.3 is 12.1 Å². The van der Waals surface area contributed by atoms with E-state index in [1.807, 2.05) is 25.9 Å². The van der Waals surface area contributed by atoms with E-state index in [1.54, 1.807) is 36.3 Å². The van der Waals surface area contributed by atoms with Crippen LogP contribution in [-0.2, 0) is 12.3 Å². The monoisotopic (exact) mass is 646 g/mol. The zero-order chi connectivity index (χ0) is 33.6. The Balaban J connectivity index is 1.66. The molecule has 4 aromatic rings. The number of carbonyl (C=O) groups is 1. The molecule has 2 aromatic carbocycles. The van der Waals surface area contributed by atoms with Crippen LogP contribution >= 0.6 is 0 Å². The van der Waals surface area contributed by atoms with Crippen molar-refractivity contribution in [3.05, 3.63) is 89.8 Å². The number of amides is 1. The second-order valence-corrected chi connectivity index (χ2v) is 10.6. The molecule has 0 aliphatic heterocycles. The van der Waals surface area contributed by atoms with Gasteiger partial charge in [0.1, 0.15) is 17.4 Å². The van der Waals surface area contributed by atoms with E-state index in [0.717, 1.165) is 18.2 Å². The third kappa shape index (κ3) is 7.91. The third-order valence-corrected chi connectivity index (χ3v) is 6.94. The molecule has 8 nitrogen and oxygen atoms in total. The minimum atomic E-state index is -5.88. The van der Waals surface area contributed by atoms with Gasteiger partial charge in [0.05, 0.1) is 28.2 Å². The minimum absolute atomic E-state index is 0.00894. The summed E-state index contributed by atoms with van der Waals surface area (Å²) in [6.45, 7) is 2.95. The van der Waals surface area contributed by atoms with Crippen molar-refractivity contribution in [2.45, 2.75) is 31.9 Å². The maximum absolute atomic E-state index is 15.0. The first-order valence-electron chi connectivity index (χ1n) is 14.2. The van der Waals surface area contributed by atoms with Crippen molar-refractivity contribution in [1.82, 2.24) is 19.9 Å². The van der Waals surface area contributed by atoms with Gasteiger partial charge < -0.3 is 19.9 Å². The lowest BCUT2D eigenvalue weighted by molar-refractivity contribution is -0.289. The first-order valence-corrected chi connectivity index (χ1v) is 14.2. The number of aromatic nitrogens is 3. The SMILES string of the molecule is CCc1nccc(-c2cccnc2Oc2ccc(F)c(C(=O)Nc3cc(C(F)(F)C(F)(F)F)ccc3N(C)CCCN(C)C)c2)n1. The van der Waals surface area contributed by atoms with Gasteiger partial charge in [-0.2, -0.15) is 22.0 Å². The Kier molecular flexibility index (Phi) is 10.5. The van der Waals surface area contributed by atoms with Crippen LogP contribution in [0.15, 0.2) is 67.0 Å². The molecule has 0 aliphatic rings. The van der Waals surface area contributed by atoms with Gasteiger partial charge in [-0.25, -0.2) is 19.3 Å². The molecule has 2 aromatic heterocycles. The van der Waals surface area contributed by atoms with Gasteiger partial charge in [0.25, 0.3) is 5.91 Å². The lowest BCUT2D eigenvalue weighted by atomic mass is 10.0. The predicted octanol–water partition coefficient (Wildman–Crippen LogP) is 7.33. The van der Waals surface area contributed by atoms with Crippen molar-refractivity contribution >= 4 is 17.3 Å². The highest BCUT2D eigenvalue weighted by atomic mass is 19.4. The molecule has 244 valence electrons. The van der Waals surface area contributed by atoms with E-state index in [4.69, 9.17) is 4.74 Å². The summed E-state index contributed by atoms with van der Waals surface area (Å²) < 4.78 is 89.1. The van der Waals surface area contributed by atoms with Crippen LogP contribution in [-0.4, -0.2) is 66.2 Å². The average Bonchev–Trinajstić information content (AvgIpc) is 3.01. The molecule has 1 amide bonds. The number of rotatable bonds is 12. The molecule has 0 aliphatic carbocycles. The van der Waals surface area contributed by atoms with Gasteiger partial charge in [-0.05, 0) is 75.6 Å². The van der Waals surface area contributed by atoms with Crippen LogP contribution in [0.4, 0.5) is 37.7 Å². The van der Waals surface area contributed by atoms with E-state index in [1.165, 1.54) is 12.3 Å². The van der Waals surface area contributed by atoms with E-state index < -0.39 is 35.0 Å². The Morgan fingerprint density at radius 2 is 1.70 bits per heavy atom. The van der Waals surface area contributed by atoms with Gasteiger partial charge in [-0.15, -0.1) is 0 Å². The molecule has 0 saturated carbocycles. The molecular weight excluding hydrogens is 614 g/mol. The largest absolute Gasteiger partial charge is 0.458 e. The summed E-state index contributed by atoms with van der Waals surface area (Å²) in [5, 5.41) is 2.33. The van der Waals surface area contributed by atoms with Gasteiger partial charge in [0, 0.05) is 38.0 Å². The predicted molar refractivity (Wildman–Crippen MR) is 162 cm³/mol. The Labute approximate surface area is 262 Å². The van der Waals surface area contributed by atoms with E-state index >= 15 is 0 Å². The van der Waals surface area contributed by atoms with E-state index in [2.05, 4.69) is 20.3 Å². The summed E-state index contributed by atoms with van der Waals surface area (Å²) in [5.74, 6) is -6.57. The number of nitrogens with one attached hydrogen (secondary N) is 1. The normalized spacial score (nSPS) is 11.9. The molecular formula is C32H32F6N6O2. The highest BCUT2D eigenvalue weighted by Gasteiger charge is 2.58. The Morgan fingerprint density at radius 1 is 0.935 bits per heavy atom. The first kappa shape index (κ1) is 34.2. The molecule has 4 rings (SSSR count). The number of ether oxygens (including phenoxy) is 1. The van der Waals surface area contributed by atoms with Crippen molar-refractivity contribution in [2.75, 3.05) is 44.4 Å². The summed E-state index contributed by atoms with van der Waals surface area (Å²) in [6.07, 6.45) is -1.61. The third-order valence-electron chi connectivity index (χ3n) is 6.94. The summed E-state index contributed by atoms with van der Waals surface area (Å²) in [6, 6.07) is 10.6. The Hall–Kier alpha value is -4.72. The maximum atomic E-state index is 15.0. The molecule has 0 bridgehead atoms. The topological polar surface area (TPSA) is 83.5 Å². The molecule has 0 radical (unpaired) electrons. The molecule has 0 saturated heterocycles. The fraction of sp³-hybridized carbons (Fsp3) is 0.312. The molecule has 1 N–H and O–H groups in total. The zero-order valence-electron chi connectivity index (χ0n) is 25.5. The van der Waals surface area contributed by atoms with E-state index in [-0.39, 0.29) is 23.0 Å². The molecule has 0 fully saturated rings. The number of hydrogen-bond acceptors (Lipinski definition) is 7. The first-order chi connectivity index (χ1) is 21.7. The van der Waals surface area contributed by atoms with Crippen LogP contribution in [0.2, 0.25) is 0 Å². The Morgan fingerprint density at radius 3 is 2.39 bits per heavy atom. The number of hydrogen-bond donors (Lipinski definition) is 1. The number of halogens is 6. The van der Waals surface area contributed by atoms with Crippen molar-refractivity contribution in [2.24, 2.45) is 0 Å². The van der Waals surface area contributed by atoms with Crippen LogP contribution in [0.1, 0.15) is 35.1 Å². The van der Waals surface area contributed by atoms with Crippen LogP contribution in [0.3, 0.4) is 0 Å². The van der Waals surface area contributed by atoms with Gasteiger partial charge in [-0.3, -0.25) is 4.79 Å². The number of anilines is 2. The summed E-state index contributed by atoms with van der Waals surface area (Å²) >= 11 is 0. The van der Waals surface area contributed by atoms with Gasteiger partial charge in [0.15, 0.2) is 0 Å². The number of nitrogens with zero attached hydrogens (tertiary/aromatic N) is 5. The average molecular weight is 647 g/mol. The standard InChI is InChI=1S/C32H32F6N6O2/c1-5-28-39-15-13-25(41-28)22-8-6-14-40-30(22)46-21-10-11-24(33)23(19-21)29(45)42-26-18-20(31(34,35)32(36,37)38)9-12-27(26)44(4)17-7-16-43(2)3/h6,8-15,18-19H,5,7,16-17H2,1-4H3,(H,42,45). The fourth-order valence-electron chi connectivity index (χ4n) is 4.50. The maximum Gasteiger partial charge on any atom is 0.458 e. The lowest BCUT2D eigenvalue weighted by Crippen LogP contribution is -2.34. The number of aryl methyl sites for hydroxylation is 1. The molecule has 2 heterocycles. The van der Waals surface area contributed by atoms with Crippen LogP contribution in [0, 0.1) is 5.82 Å². The van der Waals surface area contributed by atoms with Crippen LogP contribution in [0.25, 0.3) is 11.3 Å². The highest BCUT2D eigenvalue weighted by molar-refractivity contribution is 6.06. The van der Waals surface area contributed by atoms with Crippen LogP contribution < -0.4 is 15.0 Å². The van der Waals surface area contributed by atoms with Crippen molar-refractivity contribution in [1.29, 1.82) is 0 Å².